The van der Waals surface area contributed by atoms with E-state index in [0.29, 0.717) is 5.69 Å². The van der Waals surface area contributed by atoms with Crippen molar-refractivity contribution in [2.24, 2.45) is 0 Å². The lowest BCUT2D eigenvalue weighted by Gasteiger charge is -2.17. The van der Waals surface area contributed by atoms with Crippen molar-refractivity contribution in [1.82, 2.24) is 9.88 Å². The Kier molecular flexibility index (Phi) is 4.46. The lowest BCUT2D eigenvalue weighted by molar-refractivity contribution is 0.220. The van der Waals surface area contributed by atoms with Gasteiger partial charge >= 0.3 is 6.03 Å². The molecule has 112 valence electrons. The van der Waals surface area contributed by atoms with Crippen molar-refractivity contribution >= 4 is 23.1 Å². The number of rotatable bonds is 3. The standard InChI is InChI=1S/C13H12F3N3OS/c1-7-17-8(6-21-7)5-19(2)13(20)18-10-4-3-9(14)11(15)12(10)16/h3-4,6H,5H2,1-2H3,(H,18,20). The SMILES string of the molecule is Cc1nc(CN(C)C(=O)Nc2ccc(F)c(F)c2F)cs1. The first-order valence-corrected chi connectivity index (χ1v) is 6.83. The van der Waals surface area contributed by atoms with Gasteiger partial charge in [0, 0.05) is 12.4 Å². The number of thiazole rings is 1. The summed E-state index contributed by atoms with van der Waals surface area (Å²) in [6, 6.07) is 1.06. The summed E-state index contributed by atoms with van der Waals surface area (Å²) >= 11 is 1.45. The number of anilines is 1. The Balaban J connectivity index is 2.05. The van der Waals surface area contributed by atoms with E-state index in [1.165, 1.54) is 23.3 Å². The molecule has 0 unspecified atom stereocenters. The lowest BCUT2D eigenvalue weighted by atomic mass is 10.3. The molecule has 4 nitrogen and oxygen atoms in total. The van der Waals surface area contributed by atoms with E-state index in [2.05, 4.69) is 10.3 Å². The number of urea groups is 1. The molecule has 0 saturated carbocycles. The summed E-state index contributed by atoms with van der Waals surface area (Å²) in [5.74, 6) is -4.36. The monoisotopic (exact) mass is 315 g/mol. The van der Waals surface area contributed by atoms with Crippen LogP contribution in [-0.4, -0.2) is 23.0 Å². The van der Waals surface area contributed by atoms with Crippen LogP contribution in [0.2, 0.25) is 0 Å². The first-order valence-electron chi connectivity index (χ1n) is 5.95. The Labute approximate surface area is 123 Å². The molecule has 2 rings (SSSR count). The van der Waals surface area contributed by atoms with Crippen LogP contribution in [0.3, 0.4) is 0 Å². The Bertz CT molecular complexity index is 675. The van der Waals surface area contributed by atoms with Gasteiger partial charge in [-0.2, -0.15) is 0 Å². The van der Waals surface area contributed by atoms with Gasteiger partial charge in [0.25, 0.3) is 0 Å². The molecule has 8 heteroatoms. The molecule has 0 fully saturated rings. The molecule has 0 atom stereocenters. The molecule has 0 saturated heterocycles. The Morgan fingerprint density at radius 1 is 1.33 bits per heavy atom. The van der Waals surface area contributed by atoms with Gasteiger partial charge in [0.05, 0.1) is 22.9 Å². The minimum Gasteiger partial charge on any atom is -0.322 e. The highest BCUT2D eigenvalue weighted by molar-refractivity contribution is 7.09. The molecular formula is C13H12F3N3OS. The summed E-state index contributed by atoms with van der Waals surface area (Å²) in [6.45, 7) is 2.06. The van der Waals surface area contributed by atoms with Crippen LogP contribution in [0.4, 0.5) is 23.7 Å². The molecule has 0 aliphatic heterocycles. The molecule has 2 aromatic rings. The third-order valence-electron chi connectivity index (χ3n) is 2.69. The van der Waals surface area contributed by atoms with Crippen LogP contribution in [0.5, 0.6) is 0 Å². The van der Waals surface area contributed by atoms with Gasteiger partial charge in [-0.25, -0.2) is 22.9 Å². The number of benzene rings is 1. The van der Waals surface area contributed by atoms with Crippen molar-refractivity contribution in [3.05, 3.63) is 45.7 Å². The van der Waals surface area contributed by atoms with Crippen LogP contribution in [-0.2, 0) is 6.54 Å². The number of nitrogens with one attached hydrogen (secondary N) is 1. The number of nitrogens with zero attached hydrogens (tertiary/aromatic N) is 2. The van der Waals surface area contributed by atoms with Gasteiger partial charge in [0.15, 0.2) is 17.5 Å². The number of amides is 2. The third kappa shape index (κ3) is 3.52. The van der Waals surface area contributed by atoms with Crippen LogP contribution >= 0.6 is 11.3 Å². The summed E-state index contributed by atoms with van der Waals surface area (Å²) in [4.78, 5) is 17.3. The Morgan fingerprint density at radius 2 is 2.05 bits per heavy atom. The largest absolute Gasteiger partial charge is 0.322 e. The predicted octanol–water partition coefficient (Wildman–Crippen LogP) is 3.53. The summed E-state index contributed by atoms with van der Waals surface area (Å²) in [5, 5.41) is 4.86. The molecule has 1 aromatic heterocycles. The number of carbonyl (C=O) groups excluding carboxylic acids is 1. The van der Waals surface area contributed by atoms with E-state index < -0.39 is 29.2 Å². The van der Waals surface area contributed by atoms with E-state index >= 15 is 0 Å². The van der Waals surface area contributed by atoms with Gasteiger partial charge in [-0.15, -0.1) is 11.3 Å². The molecule has 0 aliphatic carbocycles. The summed E-state index contributed by atoms with van der Waals surface area (Å²) in [6.07, 6.45) is 0. The van der Waals surface area contributed by atoms with Crippen LogP contribution < -0.4 is 5.32 Å². The first-order chi connectivity index (χ1) is 9.88. The van der Waals surface area contributed by atoms with E-state index in [0.717, 1.165) is 17.1 Å². The van der Waals surface area contributed by atoms with Gasteiger partial charge in [-0.05, 0) is 19.1 Å². The Morgan fingerprint density at radius 3 is 2.67 bits per heavy atom. The number of aryl methyl sites for hydroxylation is 1. The van der Waals surface area contributed by atoms with Gasteiger partial charge in [-0.1, -0.05) is 0 Å². The lowest BCUT2D eigenvalue weighted by Crippen LogP contribution is -2.31. The topological polar surface area (TPSA) is 45.2 Å². The third-order valence-corrected chi connectivity index (χ3v) is 3.51. The quantitative estimate of drug-likeness (QED) is 0.881. The highest BCUT2D eigenvalue weighted by Crippen LogP contribution is 2.20. The molecule has 0 aliphatic rings. The maximum Gasteiger partial charge on any atom is 0.322 e. The summed E-state index contributed by atoms with van der Waals surface area (Å²) in [5.41, 5.74) is 0.279. The second-order valence-corrected chi connectivity index (χ2v) is 5.43. The highest BCUT2D eigenvalue weighted by atomic mass is 32.1. The zero-order valence-corrected chi connectivity index (χ0v) is 12.1. The van der Waals surface area contributed by atoms with Gasteiger partial charge in [-0.3, -0.25) is 0 Å². The van der Waals surface area contributed by atoms with Crippen molar-refractivity contribution in [3.8, 4) is 0 Å². The zero-order valence-electron chi connectivity index (χ0n) is 11.3. The van der Waals surface area contributed by atoms with Crippen molar-refractivity contribution < 1.29 is 18.0 Å². The maximum atomic E-state index is 13.5. The molecule has 1 aromatic carbocycles. The van der Waals surface area contributed by atoms with Crippen LogP contribution in [0, 0.1) is 24.4 Å². The second kappa shape index (κ2) is 6.13. The van der Waals surface area contributed by atoms with Crippen LogP contribution in [0.1, 0.15) is 10.7 Å². The van der Waals surface area contributed by atoms with E-state index in [-0.39, 0.29) is 6.54 Å². The first kappa shape index (κ1) is 15.3. The second-order valence-electron chi connectivity index (χ2n) is 4.37. The molecule has 0 bridgehead atoms. The van der Waals surface area contributed by atoms with Crippen molar-refractivity contribution in [3.63, 3.8) is 0 Å². The van der Waals surface area contributed by atoms with Crippen molar-refractivity contribution in [2.45, 2.75) is 13.5 Å². The van der Waals surface area contributed by atoms with E-state index in [1.807, 2.05) is 6.92 Å². The minimum atomic E-state index is -1.62. The number of carbonyl (C=O) groups is 1. The molecule has 1 N–H and O–H groups in total. The van der Waals surface area contributed by atoms with Gasteiger partial charge in [0.2, 0.25) is 0 Å². The zero-order chi connectivity index (χ0) is 15.6. The van der Waals surface area contributed by atoms with Crippen molar-refractivity contribution in [2.75, 3.05) is 12.4 Å². The van der Waals surface area contributed by atoms with E-state index in [1.54, 1.807) is 5.38 Å². The number of hydrogen-bond acceptors (Lipinski definition) is 3. The fourth-order valence-corrected chi connectivity index (χ4v) is 2.23. The van der Waals surface area contributed by atoms with Crippen LogP contribution in [0.25, 0.3) is 0 Å². The average Bonchev–Trinajstić information content (AvgIpc) is 2.84. The maximum absolute atomic E-state index is 13.5. The predicted molar refractivity (Wildman–Crippen MR) is 73.7 cm³/mol. The van der Waals surface area contributed by atoms with Crippen molar-refractivity contribution in [1.29, 1.82) is 0 Å². The molecule has 0 radical (unpaired) electrons. The van der Waals surface area contributed by atoms with E-state index in [4.69, 9.17) is 0 Å². The van der Waals surface area contributed by atoms with E-state index in [9.17, 15) is 18.0 Å². The Hall–Kier alpha value is -2.09. The number of hydrogen-bond donors (Lipinski definition) is 1. The van der Waals surface area contributed by atoms with Gasteiger partial charge in [0.1, 0.15) is 0 Å². The smallest absolute Gasteiger partial charge is 0.322 e. The molecule has 1 heterocycles. The average molecular weight is 315 g/mol. The fraction of sp³-hybridized carbons (Fsp3) is 0.231. The number of halogens is 3. The fourth-order valence-electron chi connectivity index (χ4n) is 1.63. The molecule has 0 spiro atoms. The molecule has 2 amide bonds. The molecule has 21 heavy (non-hydrogen) atoms. The number of aromatic nitrogens is 1. The molecular weight excluding hydrogens is 303 g/mol. The summed E-state index contributed by atoms with van der Waals surface area (Å²) in [7, 11) is 1.49. The van der Waals surface area contributed by atoms with Gasteiger partial charge < -0.3 is 10.2 Å². The normalized spacial score (nSPS) is 10.5. The van der Waals surface area contributed by atoms with Crippen LogP contribution in [0.15, 0.2) is 17.5 Å². The minimum absolute atomic E-state index is 0.224. The summed E-state index contributed by atoms with van der Waals surface area (Å²) < 4.78 is 39.3. The highest BCUT2D eigenvalue weighted by Gasteiger charge is 2.17.